The zero-order chi connectivity index (χ0) is 23.2. The molecule has 0 aliphatic rings. The minimum Gasteiger partial charge on any atom is -0.479 e. The smallest absolute Gasteiger partial charge is 0.334 e. The molecule has 4 N–H and O–H groups in total. The van der Waals surface area contributed by atoms with Crippen LogP contribution in [0.5, 0.6) is 0 Å². The third-order valence-electron chi connectivity index (χ3n) is 5.17. The third-order valence-corrected chi connectivity index (χ3v) is 5.17. The lowest BCUT2D eigenvalue weighted by Gasteiger charge is -2.22. The van der Waals surface area contributed by atoms with Crippen molar-refractivity contribution >= 4 is 11.9 Å². The zero-order valence-corrected chi connectivity index (χ0v) is 17.4. The van der Waals surface area contributed by atoms with Gasteiger partial charge in [0, 0.05) is 11.1 Å². The summed E-state index contributed by atoms with van der Waals surface area (Å²) in [5.41, 5.74) is 3.54. The molecule has 0 aliphatic heterocycles. The summed E-state index contributed by atoms with van der Waals surface area (Å²) < 4.78 is 0. The highest BCUT2D eigenvalue weighted by molar-refractivity contribution is 5.96. The van der Waals surface area contributed by atoms with E-state index in [0.717, 1.165) is 22.3 Å². The number of aromatic amines is 1. The first-order valence-electron chi connectivity index (χ1n) is 10.2. The van der Waals surface area contributed by atoms with Gasteiger partial charge in [0.25, 0.3) is 5.91 Å². The minimum atomic E-state index is -1.75. The second-order valence-electron chi connectivity index (χ2n) is 7.45. The van der Waals surface area contributed by atoms with Crippen molar-refractivity contribution in [2.75, 3.05) is 0 Å². The number of hydrogen-bond donors (Lipinski definition) is 4. The Morgan fingerprint density at radius 2 is 1.61 bits per heavy atom. The number of H-pyrrole nitrogens is 1. The number of aliphatic carboxylic acids is 1. The van der Waals surface area contributed by atoms with Gasteiger partial charge < -0.3 is 15.5 Å². The maximum Gasteiger partial charge on any atom is 0.334 e. The monoisotopic (exact) mass is 443 g/mol. The first-order chi connectivity index (χ1) is 16.0. The summed E-state index contributed by atoms with van der Waals surface area (Å²) in [5.74, 6) is -1.42. The molecule has 9 nitrogen and oxygen atoms in total. The number of aromatic nitrogens is 4. The van der Waals surface area contributed by atoms with Gasteiger partial charge in [-0.2, -0.15) is 5.21 Å². The number of carbonyl (C=O) groups excluding carboxylic acids is 1. The quantitative estimate of drug-likeness (QED) is 0.327. The molecule has 1 heterocycles. The Balaban J connectivity index is 1.56. The Labute approximate surface area is 189 Å². The molecule has 0 radical (unpaired) electrons. The highest BCUT2D eigenvalue weighted by Gasteiger charge is 2.28. The number of nitrogens with zero attached hydrogens (tertiary/aromatic N) is 3. The summed E-state index contributed by atoms with van der Waals surface area (Å²) in [6.45, 7) is 0. The number of nitrogens with one attached hydrogen (secondary N) is 2. The van der Waals surface area contributed by atoms with Crippen molar-refractivity contribution in [1.82, 2.24) is 25.9 Å². The van der Waals surface area contributed by atoms with Gasteiger partial charge in [-0.1, -0.05) is 60.7 Å². The topological polar surface area (TPSA) is 141 Å². The Kier molecular flexibility index (Phi) is 6.51. The third kappa shape index (κ3) is 5.28. The highest BCUT2D eigenvalue weighted by atomic mass is 16.4. The van der Waals surface area contributed by atoms with Gasteiger partial charge in [-0.25, -0.2) is 4.79 Å². The number of aliphatic hydroxyl groups excluding tert-OH is 1. The summed E-state index contributed by atoms with van der Waals surface area (Å²) >= 11 is 0. The Hall–Kier alpha value is -4.37. The molecule has 2 atom stereocenters. The number of benzene rings is 3. The molecule has 0 unspecified atom stereocenters. The zero-order valence-electron chi connectivity index (χ0n) is 17.4. The normalized spacial score (nSPS) is 12.6. The lowest BCUT2D eigenvalue weighted by molar-refractivity contribution is -0.148. The molecule has 3 aromatic carbocycles. The van der Waals surface area contributed by atoms with Crippen molar-refractivity contribution < 1.29 is 19.8 Å². The average Bonchev–Trinajstić information content (AvgIpc) is 3.39. The van der Waals surface area contributed by atoms with Gasteiger partial charge in [-0.05, 0) is 46.5 Å². The van der Waals surface area contributed by atoms with Crippen molar-refractivity contribution in [3.8, 4) is 22.5 Å². The van der Waals surface area contributed by atoms with Gasteiger partial charge in [0.15, 0.2) is 6.10 Å². The number of carbonyl (C=O) groups is 2. The van der Waals surface area contributed by atoms with Crippen LogP contribution in [-0.2, 0) is 11.2 Å². The molecule has 0 saturated carbocycles. The lowest BCUT2D eigenvalue weighted by atomic mass is 9.99. The van der Waals surface area contributed by atoms with E-state index in [-0.39, 0.29) is 6.42 Å². The molecule has 1 aromatic heterocycles. The minimum absolute atomic E-state index is 0.173. The van der Waals surface area contributed by atoms with E-state index in [4.69, 9.17) is 0 Å². The van der Waals surface area contributed by atoms with Crippen LogP contribution < -0.4 is 5.32 Å². The average molecular weight is 443 g/mol. The van der Waals surface area contributed by atoms with Crippen LogP contribution in [0, 0.1) is 0 Å². The number of tetrazole rings is 1. The van der Waals surface area contributed by atoms with Crippen LogP contribution in [0.2, 0.25) is 0 Å². The summed E-state index contributed by atoms with van der Waals surface area (Å²) in [5, 5.41) is 36.1. The fourth-order valence-corrected chi connectivity index (χ4v) is 3.50. The van der Waals surface area contributed by atoms with Gasteiger partial charge in [-0.15, -0.1) is 10.2 Å². The van der Waals surface area contributed by atoms with E-state index in [9.17, 15) is 19.8 Å². The van der Waals surface area contributed by atoms with Gasteiger partial charge in [0.1, 0.15) is 0 Å². The summed E-state index contributed by atoms with van der Waals surface area (Å²) in [6, 6.07) is 22.5. The molecule has 166 valence electrons. The highest BCUT2D eigenvalue weighted by Crippen LogP contribution is 2.25. The van der Waals surface area contributed by atoms with E-state index in [0.29, 0.717) is 11.4 Å². The molecule has 0 fully saturated rings. The fourth-order valence-electron chi connectivity index (χ4n) is 3.50. The second-order valence-corrected chi connectivity index (χ2v) is 7.45. The molecule has 0 aliphatic carbocycles. The first-order valence-corrected chi connectivity index (χ1v) is 10.2. The van der Waals surface area contributed by atoms with E-state index in [1.54, 1.807) is 18.2 Å². The van der Waals surface area contributed by atoms with Gasteiger partial charge >= 0.3 is 5.97 Å². The van der Waals surface area contributed by atoms with Crippen LogP contribution in [0.3, 0.4) is 0 Å². The van der Waals surface area contributed by atoms with E-state index in [1.165, 1.54) is 0 Å². The molecule has 0 bridgehead atoms. The largest absolute Gasteiger partial charge is 0.479 e. The molecule has 0 saturated heterocycles. The molecule has 4 aromatic rings. The molecule has 4 rings (SSSR count). The van der Waals surface area contributed by atoms with Crippen molar-refractivity contribution in [3.63, 3.8) is 0 Å². The van der Waals surface area contributed by atoms with Crippen LogP contribution >= 0.6 is 0 Å². The van der Waals surface area contributed by atoms with E-state index >= 15 is 0 Å². The summed E-state index contributed by atoms with van der Waals surface area (Å²) in [7, 11) is 0. The van der Waals surface area contributed by atoms with Crippen molar-refractivity contribution in [3.05, 3.63) is 90.0 Å². The molecule has 33 heavy (non-hydrogen) atoms. The number of rotatable bonds is 8. The standard InChI is InChI=1S/C24H21N5O4/c30-21(24(32)33)20(12-15-6-2-1-3-7-15)25-23(31)19-11-5-9-17(14-19)16-8-4-10-18(13-16)22-26-28-29-27-22/h1-11,13-14,20-21,30H,12H2,(H,25,31)(H,32,33)(H,26,27,28,29)/t20-,21-/m1/s1. The molecule has 0 spiro atoms. The van der Waals surface area contributed by atoms with Crippen molar-refractivity contribution in [1.29, 1.82) is 0 Å². The summed E-state index contributed by atoms with van der Waals surface area (Å²) in [4.78, 5) is 24.4. The van der Waals surface area contributed by atoms with Gasteiger partial charge in [-0.3, -0.25) is 4.79 Å². The molecular weight excluding hydrogens is 422 g/mol. The van der Waals surface area contributed by atoms with Crippen LogP contribution in [0.15, 0.2) is 78.9 Å². The fraction of sp³-hybridized carbons (Fsp3) is 0.125. The number of carboxylic acids is 1. The van der Waals surface area contributed by atoms with Crippen molar-refractivity contribution in [2.45, 2.75) is 18.6 Å². The van der Waals surface area contributed by atoms with E-state index < -0.39 is 24.0 Å². The Morgan fingerprint density at radius 3 is 2.30 bits per heavy atom. The number of hydrogen-bond acceptors (Lipinski definition) is 6. The van der Waals surface area contributed by atoms with Gasteiger partial charge in [0.2, 0.25) is 5.82 Å². The number of aliphatic hydroxyl groups is 1. The SMILES string of the molecule is O=C(N[C@H](Cc1ccccc1)[C@@H](O)C(=O)O)c1cccc(-c2cccc(-c3nn[nH]n3)c2)c1. The Morgan fingerprint density at radius 1 is 0.909 bits per heavy atom. The predicted molar refractivity (Wildman–Crippen MR) is 120 cm³/mol. The maximum absolute atomic E-state index is 13.0. The van der Waals surface area contributed by atoms with Crippen LogP contribution in [-0.4, -0.2) is 54.9 Å². The van der Waals surface area contributed by atoms with Crippen LogP contribution in [0.4, 0.5) is 0 Å². The second kappa shape index (κ2) is 9.84. The van der Waals surface area contributed by atoms with Crippen molar-refractivity contribution in [2.24, 2.45) is 0 Å². The van der Waals surface area contributed by atoms with Crippen LogP contribution in [0.1, 0.15) is 15.9 Å². The van der Waals surface area contributed by atoms with E-state index in [2.05, 4.69) is 25.9 Å². The van der Waals surface area contributed by atoms with Crippen LogP contribution in [0.25, 0.3) is 22.5 Å². The predicted octanol–water partition coefficient (Wildman–Crippen LogP) is 2.32. The number of amides is 1. The molecular formula is C24H21N5O4. The maximum atomic E-state index is 13.0. The first kappa shape index (κ1) is 21.8. The molecule has 9 heteroatoms. The summed E-state index contributed by atoms with van der Waals surface area (Å²) in [6.07, 6.45) is -1.57. The lowest BCUT2D eigenvalue weighted by Crippen LogP contribution is -2.48. The Bertz CT molecular complexity index is 1240. The number of carboxylic acid groups (broad SMARTS) is 1. The van der Waals surface area contributed by atoms with Gasteiger partial charge in [0.05, 0.1) is 6.04 Å². The van der Waals surface area contributed by atoms with E-state index in [1.807, 2.05) is 60.7 Å². The molecule has 1 amide bonds.